The predicted octanol–water partition coefficient (Wildman–Crippen LogP) is 5.00. The second-order valence-corrected chi connectivity index (χ2v) is 5.51. The van der Waals surface area contributed by atoms with E-state index in [9.17, 15) is 0 Å². The topological polar surface area (TPSA) is 12.9 Å². The lowest BCUT2D eigenvalue weighted by Gasteiger charge is -2.10. The summed E-state index contributed by atoms with van der Waals surface area (Å²) < 4.78 is 0. The van der Waals surface area contributed by atoms with Gasteiger partial charge in [-0.05, 0) is 25.3 Å². The van der Waals surface area contributed by atoms with Crippen molar-refractivity contribution < 1.29 is 0 Å². The third kappa shape index (κ3) is 2.66. The lowest BCUT2D eigenvalue weighted by atomic mass is 10.1. The van der Waals surface area contributed by atoms with Crippen LogP contribution < -0.4 is 0 Å². The van der Waals surface area contributed by atoms with E-state index in [2.05, 4.69) is 42.4 Å². The lowest BCUT2D eigenvalue weighted by Crippen LogP contribution is -1.91. The fourth-order valence-electron chi connectivity index (χ4n) is 2.37. The third-order valence-corrected chi connectivity index (χ3v) is 4.09. The maximum atomic E-state index is 4.91. The van der Waals surface area contributed by atoms with Crippen LogP contribution in [0.15, 0.2) is 59.5 Å². The minimum atomic E-state index is 0.975. The molecule has 3 aromatic rings. The number of hydrogen-bond acceptors (Lipinski definition) is 2. The van der Waals surface area contributed by atoms with Crippen molar-refractivity contribution in [3.05, 3.63) is 60.2 Å². The molecule has 21 heavy (non-hydrogen) atoms. The zero-order valence-corrected chi connectivity index (χ0v) is 12.9. The molecular formula is C19H15NS. The van der Waals surface area contributed by atoms with Gasteiger partial charge in [-0.1, -0.05) is 48.4 Å². The van der Waals surface area contributed by atoms with Crippen LogP contribution in [0.5, 0.6) is 0 Å². The molecule has 0 spiro atoms. The van der Waals surface area contributed by atoms with Crippen LogP contribution >= 0.6 is 11.8 Å². The van der Waals surface area contributed by atoms with Gasteiger partial charge in [-0.25, -0.2) is 4.98 Å². The Morgan fingerprint density at radius 2 is 1.81 bits per heavy atom. The molecule has 0 unspecified atom stereocenters. The highest BCUT2D eigenvalue weighted by molar-refractivity contribution is 7.98. The molecule has 0 aliphatic carbocycles. The second kappa shape index (κ2) is 6.03. The van der Waals surface area contributed by atoms with Gasteiger partial charge in [0.25, 0.3) is 0 Å². The van der Waals surface area contributed by atoms with Gasteiger partial charge in [-0.2, -0.15) is 0 Å². The quantitative estimate of drug-likeness (QED) is 0.486. The smallest absolute Gasteiger partial charge is 0.0866 e. The summed E-state index contributed by atoms with van der Waals surface area (Å²) >= 11 is 1.73. The van der Waals surface area contributed by atoms with Crippen molar-refractivity contribution >= 4 is 22.7 Å². The predicted molar refractivity (Wildman–Crippen MR) is 91.5 cm³/mol. The number of thioether (sulfide) groups is 1. The van der Waals surface area contributed by atoms with E-state index >= 15 is 0 Å². The summed E-state index contributed by atoms with van der Waals surface area (Å²) in [6, 6.07) is 18.7. The molecule has 2 heteroatoms. The average molecular weight is 289 g/mol. The number of benzene rings is 2. The van der Waals surface area contributed by atoms with Crippen molar-refractivity contribution in [2.24, 2.45) is 0 Å². The Hall–Kier alpha value is -2.24. The van der Waals surface area contributed by atoms with E-state index < -0.39 is 0 Å². The molecule has 3 rings (SSSR count). The second-order valence-electron chi connectivity index (χ2n) is 4.66. The molecule has 0 amide bonds. The highest BCUT2D eigenvalue weighted by atomic mass is 32.2. The van der Waals surface area contributed by atoms with E-state index in [0.29, 0.717) is 0 Å². The zero-order chi connectivity index (χ0) is 14.7. The van der Waals surface area contributed by atoms with E-state index in [1.165, 1.54) is 4.90 Å². The summed E-state index contributed by atoms with van der Waals surface area (Å²) in [7, 11) is 0. The number of pyridine rings is 1. The highest BCUT2D eigenvalue weighted by Gasteiger charge is 2.10. The molecule has 0 N–H and O–H groups in total. The maximum absolute atomic E-state index is 4.91. The number of aromatic nitrogens is 1. The van der Waals surface area contributed by atoms with Crippen molar-refractivity contribution in [3.8, 4) is 23.1 Å². The zero-order valence-electron chi connectivity index (χ0n) is 12.1. The first-order valence-corrected chi connectivity index (χ1v) is 8.02. The molecule has 0 fully saturated rings. The van der Waals surface area contributed by atoms with Gasteiger partial charge < -0.3 is 0 Å². The Kier molecular flexibility index (Phi) is 3.94. The summed E-state index contributed by atoms with van der Waals surface area (Å²) in [6.07, 6.45) is 2.09. The number of para-hydroxylation sites is 1. The molecule has 1 nitrogen and oxygen atoms in total. The molecule has 0 radical (unpaired) electrons. The molecular weight excluding hydrogens is 274 g/mol. The van der Waals surface area contributed by atoms with Gasteiger partial charge in [0.15, 0.2) is 0 Å². The Labute approximate surface area is 129 Å². The van der Waals surface area contributed by atoms with Crippen LogP contribution in [0, 0.1) is 11.8 Å². The molecule has 0 aliphatic heterocycles. The van der Waals surface area contributed by atoms with Crippen LogP contribution in [0.2, 0.25) is 0 Å². The number of rotatable bonds is 2. The first-order chi connectivity index (χ1) is 10.3. The Balaban J connectivity index is 2.33. The molecule has 1 heterocycles. The molecule has 2 aromatic carbocycles. The maximum Gasteiger partial charge on any atom is 0.0866 e. The van der Waals surface area contributed by atoms with E-state index in [4.69, 9.17) is 4.98 Å². The monoisotopic (exact) mass is 289 g/mol. The SMILES string of the molecule is CC#Cc1cccc2cc(SC)c(-c3ccccc3)nc12. The molecule has 0 saturated heterocycles. The summed E-state index contributed by atoms with van der Waals surface area (Å²) in [5.41, 5.74) is 4.13. The normalized spacial score (nSPS) is 10.2. The van der Waals surface area contributed by atoms with Gasteiger partial charge in [0, 0.05) is 15.8 Å². The van der Waals surface area contributed by atoms with Gasteiger partial charge in [-0.3, -0.25) is 0 Å². The fraction of sp³-hybridized carbons (Fsp3) is 0.105. The largest absolute Gasteiger partial charge is 0.245 e. The Morgan fingerprint density at radius 1 is 1.00 bits per heavy atom. The van der Waals surface area contributed by atoms with E-state index in [0.717, 1.165) is 27.7 Å². The van der Waals surface area contributed by atoms with Crippen LogP contribution in [0.4, 0.5) is 0 Å². The molecule has 0 atom stereocenters. The van der Waals surface area contributed by atoms with Crippen molar-refractivity contribution in [2.45, 2.75) is 11.8 Å². The van der Waals surface area contributed by atoms with Crippen LogP contribution in [0.3, 0.4) is 0 Å². The van der Waals surface area contributed by atoms with Gasteiger partial charge in [0.05, 0.1) is 16.8 Å². The molecule has 0 aliphatic rings. The van der Waals surface area contributed by atoms with Gasteiger partial charge in [0.1, 0.15) is 0 Å². The molecule has 102 valence electrons. The van der Waals surface area contributed by atoms with Crippen molar-refractivity contribution in [2.75, 3.05) is 6.26 Å². The summed E-state index contributed by atoms with van der Waals surface area (Å²) in [5.74, 6) is 6.12. The summed E-state index contributed by atoms with van der Waals surface area (Å²) in [6.45, 7) is 1.85. The minimum Gasteiger partial charge on any atom is -0.245 e. The first kappa shape index (κ1) is 13.7. The van der Waals surface area contributed by atoms with Crippen molar-refractivity contribution in [1.82, 2.24) is 4.98 Å². The molecule has 1 aromatic heterocycles. The summed E-state index contributed by atoms with van der Waals surface area (Å²) in [5, 5.41) is 1.14. The van der Waals surface area contributed by atoms with Crippen LogP contribution in [-0.4, -0.2) is 11.2 Å². The number of hydrogen-bond donors (Lipinski definition) is 0. The van der Waals surface area contributed by atoms with Crippen molar-refractivity contribution in [3.63, 3.8) is 0 Å². The van der Waals surface area contributed by atoms with E-state index in [1.807, 2.05) is 37.3 Å². The molecule has 0 bridgehead atoms. The lowest BCUT2D eigenvalue weighted by molar-refractivity contribution is 1.30. The first-order valence-electron chi connectivity index (χ1n) is 6.79. The Morgan fingerprint density at radius 3 is 2.52 bits per heavy atom. The number of fused-ring (bicyclic) bond motifs is 1. The van der Waals surface area contributed by atoms with E-state index in [1.54, 1.807) is 11.8 Å². The fourth-order valence-corrected chi connectivity index (χ4v) is 2.97. The minimum absolute atomic E-state index is 0.975. The summed E-state index contributed by atoms with van der Waals surface area (Å²) in [4.78, 5) is 6.10. The number of nitrogens with zero attached hydrogens (tertiary/aromatic N) is 1. The molecule has 0 saturated carbocycles. The average Bonchev–Trinajstić information content (AvgIpc) is 2.55. The standard InChI is InChI=1S/C19H15NS/c1-3-8-14-11-7-12-16-13-17(21-2)19(20-18(14)16)15-9-5-4-6-10-15/h4-7,9-13H,1-2H3. The highest BCUT2D eigenvalue weighted by Crippen LogP contribution is 2.32. The third-order valence-electron chi connectivity index (χ3n) is 3.34. The van der Waals surface area contributed by atoms with Crippen LogP contribution in [-0.2, 0) is 0 Å². The van der Waals surface area contributed by atoms with Crippen molar-refractivity contribution in [1.29, 1.82) is 0 Å². The van der Waals surface area contributed by atoms with E-state index in [-0.39, 0.29) is 0 Å². The Bertz CT molecular complexity index is 842. The van der Waals surface area contributed by atoms with Gasteiger partial charge in [0.2, 0.25) is 0 Å². The van der Waals surface area contributed by atoms with Crippen LogP contribution in [0.1, 0.15) is 12.5 Å². The van der Waals surface area contributed by atoms with Gasteiger partial charge >= 0.3 is 0 Å². The van der Waals surface area contributed by atoms with Crippen LogP contribution in [0.25, 0.3) is 22.2 Å². The van der Waals surface area contributed by atoms with Gasteiger partial charge in [-0.15, -0.1) is 17.7 Å².